The molecule has 0 spiro atoms. The van der Waals surface area contributed by atoms with Crippen molar-refractivity contribution in [3.63, 3.8) is 0 Å². The molecule has 1 aromatic carbocycles. The monoisotopic (exact) mass is 342 g/mol. The molecular formula is C14H19BrN2O3. The molecule has 0 saturated carbocycles. The van der Waals surface area contributed by atoms with Crippen molar-refractivity contribution in [3.05, 3.63) is 28.7 Å². The van der Waals surface area contributed by atoms with Gasteiger partial charge in [0.1, 0.15) is 0 Å². The van der Waals surface area contributed by atoms with Crippen LogP contribution in [0.25, 0.3) is 0 Å². The third kappa shape index (κ3) is 5.61. The van der Waals surface area contributed by atoms with Gasteiger partial charge in [-0.15, -0.1) is 0 Å². The number of rotatable bonds is 4. The van der Waals surface area contributed by atoms with Gasteiger partial charge in [-0.2, -0.15) is 0 Å². The minimum absolute atomic E-state index is 0.116. The average Bonchev–Trinajstić information content (AvgIpc) is 2.26. The van der Waals surface area contributed by atoms with Crippen LogP contribution in [0.3, 0.4) is 0 Å². The molecule has 6 heteroatoms. The minimum atomic E-state index is -0.937. The SMILES string of the molecule is CC(C)(C)C(CC(=O)O)NC(=O)Nc1cccc(Br)c1. The van der Waals surface area contributed by atoms with Crippen molar-refractivity contribution in [2.24, 2.45) is 5.41 Å². The lowest BCUT2D eigenvalue weighted by atomic mass is 9.85. The third-order valence-corrected chi connectivity index (χ3v) is 3.31. The Morgan fingerprint density at radius 2 is 2.00 bits per heavy atom. The van der Waals surface area contributed by atoms with E-state index in [-0.39, 0.29) is 11.8 Å². The molecule has 1 atom stereocenters. The molecule has 20 heavy (non-hydrogen) atoms. The quantitative estimate of drug-likeness (QED) is 0.783. The van der Waals surface area contributed by atoms with E-state index in [1.54, 1.807) is 18.2 Å². The van der Waals surface area contributed by atoms with Gasteiger partial charge in [0.2, 0.25) is 0 Å². The van der Waals surface area contributed by atoms with Gasteiger partial charge < -0.3 is 15.7 Å². The number of hydrogen-bond donors (Lipinski definition) is 3. The Morgan fingerprint density at radius 3 is 2.50 bits per heavy atom. The summed E-state index contributed by atoms with van der Waals surface area (Å²) in [5.41, 5.74) is 0.298. The number of aliphatic carboxylic acids is 1. The maximum atomic E-state index is 11.9. The summed E-state index contributed by atoms with van der Waals surface area (Å²) in [7, 11) is 0. The number of carbonyl (C=O) groups excluding carboxylic acids is 1. The fraction of sp³-hybridized carbons (Fsp3) is 0.429. The van der Waals surface area contributed by atoms with Crippen molar-refractivity contribution in [2.75, 3.05) is 5.32 Å². The summed E-state index contributed by atoms with van der Waals surface area (Å²) >= 11 is 3.32. The van der Waals surface area contributed by atoms with Crippen LogP contribution in [-0.4, -0.2) is 23.1 Å². The van der Waals surface area contributed by atoms with E-state index >= 15 is 0 Å². The Bertz CT molecular complexity index is 497. The highest BCUT2D eigenvalue weighted by Gasteiger charge is 2.28. The number of benzene rings is 1. The lowest BCUT2D eigenvalue weighted by Crippen LogP contribution is -2.46. The first-order valence-corrected chi connectivity index (χ1v) is 7.02. The Hall–Kier alpha value is -1.56. The molecule has 0 aromatic heterocycles. The van der Waals surface area contributed by atoms with E-state index < -0.39 is 18.0 Å². The molecule has 5 nitrogen and oxygen atoms in total. The lowest BCUT2D eigenvalue weighted by molar-refractivity contribution is -0.138. The number of amides is 2. The van der Waals surface area contributed by atoms with Crippen LogP contribution in [0.1, 0.15) is 27.2 Å². The highest BCUT2D eigenvalue weighted by atomic mass is 79.9. The van der Waals surface area contributed by atoms with Crippen molar-refractivity contribution < 1.29 is 14.7 Å². The van der Waals surface area contributed by atoms with E-state index in [0.717, 1.165) is 4.47 Å². The summed E-state index contributed by atoms with van der Waals surface area (Å²) in [6, 6.07) is 6.32. The Labute approximate surface area is 126 Å². The lowest BCUT2D eigenvalue weighted by Gasteiger charge is -2.30. The zero-order chi connectivity index (χ0) is 15.3. The number of carboxylic acid groups (broad SMARTS) is 1. The van der Waals surface area contributed by atoms with Gasteiger partial charge in [-0.1, -0.05) is 42.8 Å². The molecule has 0 bridgehead atoms. The van der Waals surface area contributed by atoms with Gasteiger partial charge in [-0.25, -0.2) is 4.79 Å². The molecule has 1 aromatic rings. The van der Waals surface area contributed by atoms with E-state index in [1.165, 1.54) is 0 Å². The first kappa shape index (κ1) is 16.5. The molecule has 0 aliphatic rings. The van der Waals surface area contributed by atoms with Crippen molar-refractivity contribution in [2.45, 2.75) is 33.2 Å². The standard InChI is InChI=1S/C14H19BrN2O3/c1-14(2,3)11(8-12(18)19)17-13(20)16-10-6-4-5-9(15)7-10/h4-7,11H,8H2,1-3H3,(H,18,19)(H2,16,17,20). The van der Waals surface area contributed by atoms with E-state index in [0.29, 0.717) is 5.69 Å². The van der Waals surface area contributed by atoms with Crippen molar-refractivity contribution in [1.29, 1.82) is 0 Å². The van der Waals surface area contributed by atoms with Gasteiger partial charge >= 0.3 is 12.0 Å². The number of halogens is 1. The molecule has 110 valence electrons. The summed E-state index contributed by atoms with van der Waals surface area (Å²) in [4.78, 5) is 22.8. The second-order valence-corrected chi connectivity index (χ2v) is 6.54. The fourth-order valence-corrected chi connectivity index (χ4v) is 2.04. The van der Waals surface area contributed by atoms with Gasteiger partial charge in [0.25, 0.3) is 0 Å². The highest BCUT2D eigenvalue weighted by Crippen LogP contribution is 2.22. The molecule has 2 amide bonds. The first-order chi connectivity index (χ1) is 9.18. The van der Waals surface area contributed by atoms with Crippen molar-refractivity contribution in [3.8, 4) is 0 Å². The molecule has 1 rings (SSSR count). The summed E-state index contributed by atoms with van der Waals surface area (Å²) < 4.78 is 0.855. The summed E-state index contributed by atoms with van der Waals surface area (Å²) in [5, 5.41) is 14.3. The molecule has 0 radical (unpaired) electrons. The largest absolute Gasteiger partial charge is 0.481 e. The number of nitrogens with one attached hydrogen (secondary N) is 2. The van der Waals surface area contributed by atoms with Gasteiger partial charge in [-0.3, -0.25) is 4.79 Å². The van der Waals surface area contributed by atoms with Crippen molar-refractivity contribution in [1.82, 2.24) is 5.32 Å². The third-order valence-electron chi connectivity index (χ3n) is 2.81. The maximum Gasteiger partial charge on any atom is 0.319 e. The Morgan fingerprint density at radius 1 is 1.35 bits per heavy atom. The average molecular weight is 343 g/mol. The van der Waals surface area contributed by atoms with Gasteiger partial charge in [0.15, 0.2) is 0 Å². The maximum absolute atomic E-state index is 11.9. The van der Waals surface area contributed by atoms with Crippen LogP contribution in [0.5, 0.6) is 0 Å². The molecule has 0 fully saturated rings. The van der Waals surface area contributed by atoms with E-state index in [4.69, 9.17) is 5.11 Å². The molecule has 3 N–H and O–H groups in total. The number of anilines is 1. The molecule has 0 aliphatic carbocycles. The van der Waals surface area contributed by atoms with Crippen LogP contribution in [0.2, 0.25) is 0 Å². The summed E-state index contributed by atoms with van der Waals surface area (Å²) in [6.07, 6.45) is -0.116. The van der Waals surface area contributed by atoms with Gasteiger partial charge in [0.05, 0.1) is 6.42 Å². The van der Waals surface area contributed by atoms with Crippen LogP contribution in [0, 0.1) is 5.41 Å². The first-order valence-electron chi connectivity index (χ1n) is 6.23. The molecular weight excluding hydrogens is 324 g/mol. The predicted octanol–water partition coefficient (Wildman–Crippen LogP) is 3.46. The minimum Gasteiger partial charge on any atom is -0.481 e. The summed E-state index contributed by atoms with van der Waals surface area (Å²) in [5.74, 6) is -0.937. The van der Waals surface area contributed by atoms with Crippen LogP contribution < -0.4 is 10.6 Å². The zero-order valence-electron chi connectivity index (χ0n) is 11.7. The fourth-order valence-electron chi connectivity index (χ4n) is 1.64. The van der Waals surface area contributed by atoms with E-state index in [1.807, 2.05) is 26.8 Å². The topological polar surface area (TPSA) is 78.4 Å². The van der Waals surface area contributed by atoms with Crippen molar-refractivity contribution >= 4 is 33.6 Å². The Balaban J connectivity index is 2.69. The van der Waals surface area contributed by atoms with Crippen LogP contribution in [0.15, 0.2) is 28.7 Å². The summed E-state index contributed by atoms with van der Waals surface area (Å²) in [6.45, 7) is 5.67. The second kappa shape index (κ2) is 6.74. The molecule has 1 unspecified atom stereocenters. The predicted molar refractivity (Wildman–Crippen MR) is 81.8 cm³/mol. The zero-order valence-corrected chi connectivity index (χ0v) is 13.3. The Kier molecular flexibility index (Phi) is 5.56. The van der Waals surface area contributed by atoms with E-state index in [9.17, 15) is 9.59 Å². The number of urea groups is 1. The van der Waals surface area contributed by atoms with Crippen LogP contribution in [-0.2, 0) is 4.79 Å². The number of hydrogen-bond acceptors (Lipinski definition) is 2. The second-order valence-electron chi connectivity index (χ2n) is 5.63. The van der Waals surface area contributed by atoms with Gasteiger partial charge in [0, 0.05) is 16.2 Å². The number of carboxylic acids is 1. The smallest absolute Gasteiger partial charge is 0.319 e. The van der Waals surface area contributed by atoms with Gasteiger partial charge in [-0.05, 0) is 23.6 Å². The molecule has 0 saturated heterocycles. The number of carbonyl (C=O) groups is 2. The van der Waals surface area contributed by atoms with E-state index in [2.05, 4.69) is 26.6 Å². The normalized spacial score (nSPS) is 12.6. The van der Waals surface area contributed by atoms with Crippen LogP contribution >= 0.6 is 15.9 Å². The molecule has 0 aliphatic heterocycles. The molecule has 0 heterocycles. The highest BCUT2D eigenvalue weighted by molar-refractivity contribution is 9.10. The van der Waals surface area contributed by atoms with Crippen LogP contribution in [0.4, 0.5) is 10.5 Å².